The van der Waals surface area contributed by atoms with Crippen molar-refractivity contribution < 1.29 is 9.47 Å². The first-order valence-corrected chi connectivity index (χ1v) is 9.76. The fourth-order valence-electron chi connectivity index (χ4n) is 3.97. The largest absolute Gasteiger partial charge is 0.493 e. The first-order chi connectivity index (χ1) is 12.9. The average Bonchev–Trinajstić information content (AvgIpc) is 2.71. The van der Waals surface area contributed by atoms with Crippen LogP contribution in [0.1, 0.15) is 43.4 Å². The van der Waals surface area contributed by atoms with Gasteiger partial charge in [0, 0.05) is 12.1 Å². The maximum atomic E-state index is 6.48. The van der Waals surface area contributed by atoms with Crippen LogP contribution in [0, 0.1) is 0 Å². The molecule has 0 radical (unpaired) electrons. The number of piperidine rings is 1. The normalized spacial score (nSPS) is 20.4. The smallest absolute Gasteiger partial charge is 0.150 e. The molecule has 1 atom stereocenters. The highest BCUT2D eigenvalue weighted by molar-refractivity contribution is 5.72. The summed E-state index contributed by atoms with van der Waals surface area (Å²) in [6.45, 7) is 5.94. The second-order valence-corrected chi connectivity index (χ2v) is 7.03. The van der Waals surface area contributed by atoms with E-state index in [-0.39, 0.29) is 6.10 Å². The van der Waals surface area contributed by atoms with Crippen LogP contribution in [0.15, 0.2) is 60.2 Å². The molecule has 2 aliphatic heterocycles. The molecule has 2 aliphatic rings. The summed E-state index contributed by atoms with van der Waals surface area (Å²) in [6.07, 6.45) is 3.82. The molecule has 136 valence electrons. The Labute approximate surface area is 156 Å². The fourth-order valence-corrected chi connectivity index (χ4v) is 3.97. The number of benzene rings is 2. The summed E-state index contributed by atoms with van der Waals surface area (Å²) in [7, 11) is 0. The quantitative estimate of drug-likeness (QED) is 0.753. The van der Waals surface area contributed by atoms with Crippen molar-refractivity contribution in [1.82, 2.24) is 4.90 Å². The van der Waals surface area contributed by atoms with Gasteiger partial charge in [0.1, 0.15) is 11.5 Å². The number of fused-ring (bicyclic) bond motifs is 1. The topological polar surface area (TPSA) is 21.7 Å². The van der Waals surface area contributed by atoms with E-state index in [1.54, 1.807) is 0 Å². The minimum atomic E-state index is -0.0884. The zero-order valence-corrected chi connectivity index (χ0v) is 15.5. The van der Waals surface area contributed by atoms with Crippen LogP contribution in [0.4, 0.5) is 0 Å². The summed E-state index contributed by atoms with van der Waals surface area (Å²) in [5.41, 5.74) is 3.51. The molecule has 1 fully saturated rings. The summed E-state index contributed by atoms with van der Waals surface area (Å²) in [6, 6.07) is 18.8. The second-order valence-electron chi connectivity index (χ2n) is 7.03. The second kappa shape index (κ2) is 7.96. The van der Waals surface area contributed by atoms with Crippen molar-refractivity contribution in [3.05, 3.63) is 71.3 Å². The van der Waals surface area contributed by atoms with Crippen molar-refractivity contribution in [2.75, 3.05) is 26.2 Å². The Bertz CT molecular complexity index is 763. The van der Waals surface area contributed by atoms with Crippen LogP contribution in [0.25, 0.3) is 5.76 Å². The molecule has 0 aromatic heterocycles. The molecule has 0 bridgehead atoms. The number of likely N-dealkylation sites (tertiary alicyclic amines) is 1. The lowest BCUT2D eigenvalue weighted by atomic mass is 9.93. The van der Waals surface area contributed by atoms with Gasteiger partial charge in [0.15, 0.2) is 6.10 Å². The molecule has 3 heteroatoms. The minimum absolute atomic E-state index is 0.0884. The predicted molar refractivity (Wildman–Crippen MR) is 105 cm³/mol. The van der Waals surface area contributed by atoms with Gasteiger partial charge in [0.25, 0.3) is 0 Å². The molecule has 1 saturated heterocycles. The van der Waals surface area contributed by atoms with E-state index in [2.05, 4.69) is 54.3 Å². The van der Waals surface area contributed by atoms with Gasteiger partial charge in [-0.05, 0) is 50.6 Å². The van der Waals surface area contributed by atoms with Gasteiger partial charge in [-0.3, -0.25) is 4.90 Å². The maximum absolute atomic E-state index is 6.48. The number of hydrogen-bond acceptors (Lipinski definition) is 3. The Morgan fingerprint density at radius 3 is 2.46 bits per heavy atom. The highest BCUT2D eigenvalue weighted by atomic mass is 16.5. The van der Waals surface area contributed by atoms with Gasteiger partial charge >= 0.3 is 0 Å². The Hall–Kier alpha value is -2.26. The lowest BCUT2D eigenvalue weighted by Crippen LogP contribution is -2.34. The Balaban J connectivity index is 1.78. The first-order valence-electron chi connectivity index (χ1n) is 9.76. The van der Waals surface area contributed by atoms with Crippen LogP contribution in [-0.4, -0.2) is 31.1 Å². The molecule has 0 saturated carbocycles. The van der Waals surface area contributed by atoms with Gasteiger partial charge in [-0.2, -0.15) is 0 Å². The van der Waals surface area contributed by atoms with E-state index in [0.29, 0.717) is 6.61 Å². The molecular weight excluding hydrogens is 322 g/mol. The number of para-hydroxylation sites is 1. The maximum Gasteiger partial charge on any atom is 0.150 e. The molecule has 0 amide bonds. The third kappa shape index (κ3) is 3.49. The van der Waals surface area contributed by atoms with Gasteiger partial charge in [-0.15, -0.1) is 0 Å². The summed E-state index contributed by atoms with van der Waals surface area (Å²) < 4.78 is 12.7. The van der Waals surface area contributed by atoms with Crippen LogP contribution in [-0.2, 0) is 4.74 Å². The summed E-state index contributed by atoms with van der Waals surface area (Å²) >= 11 is 0. The minimum Gasteiger partial charge on any atom is -0.493 e. The van der Waals surface area contributed by atoms with E-state index in [9.17, 15) is 0 Å². The fraction of sp³-hybridized carbons (Fsp3) is 0.391. The van der Waals surface area contributed by atoms with Gasteiger partial charge in [0.05, 0.1) is 12.2 Å². The summed E-state index contributed by atoms with van der Waals surface area (Å²) in [5.74, 6) is 1.92. The Kier molecular flexibility index (Phi) is 5.26. The van der Waals surface area contributed by atoms with E-state index in [1.807, 2.05) is 12.1 Å². The van der Waals surface area contributed by atoms with Crippen LogP contribution in [0.3, 0.4) is 0 Å². The molecule has 4 rings (SSSR count). The molecule has 26 heavy (non-hydrogen) atoms. The molecular formula is C23H27NO2. The molecule has 2 aromatic carbocycles. The zero-order valence-electron chi connectivity index (χ0n) is 15.5. The zero-order chi connectivity index (χ0) is 17.8. The molecule has 3 nitrogen and oxygen atoms in total. The Morgan fingerprint density at radius 2 is 1.69 bits per heavy atom. The van der Waals surface area contributed by atoms with Crippen molar-refractivity contribution >= 4 is 5.76 Å². The number of hydrogen-bond donors (Lipinski definition) is 0. The summed E-state index contributed by atoms with van der Waals surface area (Å²) in [5, 5.41) is 0. The van der Waals surface area contributed by atoms with Crippen molar-refractivity contribution in [3.63, 3.8) is 0 Å². The van der Waals surface area contributed by atoms with Gasteiger partial charge in [0.2, 0.25) is 0 Å². The molecule has 0 unspecified atom stereocenters. The Morgan fingerprint density at radius 1 is 0.962 bits per heavy atom. The van der Waals surface area contributed by atoms with Crippen molar-refractivity contribution in [1.29, 1.82) is 0 Å². The lowest BCUT2D eigenvalue weighted by Gasteiger charge is -2.35. The van der Waals surface area contributed by atoms with E-state index in [4.69, 9.17) is 9.47 Å². The van der Waals surface area contributed by atoms with Crippen molar-refractivity contribution in [2.24, 2.45) is 0 Å². The molecule has 2 aromatic rings. The van der Waals surface area contributed by atoms with E-state index in [1.165, 1.54) is 30.4 Å². The molecule has 0 spiro atoms. The average molecular weight is 349 g/mol. The van der Waals surface area contributed by atoms with E-state index < -0.39 is 0 Å². The van der Waals surface area contributed by atoms with Crippen LogP contribution in [0.2, 0.25) is 0 Å². The molecule has 0 N–H and O–H groups in total. The number of rotatable bonds is 5. The predicted octanol–water partition coefficient (Wildman–Crippen LogP) is 5.05. The van der Waals surface area contributed by atoms with Gasteiger partial charge < -0.3 is 9.47 Å². The standard InChI is InChI=1S/C23H27NO2/c1-2-25-23-19-13-7-8-14-21(19)26-22(18-11-5-3-6-12-18)20(23)17-24-15-9-4-10-16-24/h3,5-8,11-14,22H,2,4,9-10,15-17H2,1H3/t22-/m1/s1. The number of ether oxygens (including phenoxy) is 2. The molecule has 0 aliphatic carbocycles. The van der Waals surface area contributed by atoms with E-state index >= 15 is 0 Å². The van der Waals surface area contributed by atoms with Crippen LogP contribution >= 0.6 is 0 Å². The van der Waals surface area contributed by atoms with Gasteiger partial charge in [-0.25, -0.2) is 0 Å². The SMILES string of the molecule is CCOC1=C(CN2CCCCC2)[C@@H](c2ccccc2)Oc2ccccc21. The third-order valence-electron chi connectivity index (χ3n) is 5.22. The van der Waals surface area contributed by atoms with Crippen LogP contribution < -0.4 is 4.74 Å². The third-order valence-corrected chi connectivity index (χ3v) is 5.22. The number of nitrogens with zero attached hydrogens (tertiary/aromatic N) is 1. The monoisotopic (exact) mass is 349 g/mol. The van der Waals surface area contributed by atoms with Crippen molar-refractivity contribution in [2.45, 2.75) is 32.3 Å². The van der Waals surface area contributed by atoms with E-state index in [0.717, 1.165) is 36.7 Å². The lowest BCUT2D eigenvalue weighted by molar-refractivity contribution is 0.183. The first kappa shape index (κ1) is 17.2. The van der Waals surface area contributed by atoms with Crippen molar-refractivity contribution in [3.8, 4) is 5.75 Å². The van der Waals surface area contributed by atoms with Crippen LogP contribution in [0.5, 0.6) is 5.75 Å². The molecule has 2 heterocycles. The van der Waals surface area contributed by atoms with Gasteiger partial charge in [-0.1, -0.05) is 48.9 Å². The highest BCUT2D eigenvalue weighted by Crippen LogP contribution is 2.43. The summed E-state index contributed by atoms with van der Waals surface area (Å²) in [4.78, 5) is 2.55. The highest BCUT2D eigenvalue weighted by Gasteiger charge is 2.32.